The monoisotopic (exact) mass is 236 g/mol. The fraction of sp³-hybridized carbons (Fsp3) is 0.250. The number of benzene rings is 2. The molecule has 0 spiro atoms. The fourth-order valence-electron chi connectivity index (χ4n) is 1.90. The molecule has 1 nitrogen and oxygen atoms in total. The summed E-state index contributed by atoms with van der Waals surface area (Å²) in [7, 11) is 6.02. The molecule has 0 aromatic heterocycles. The van der Waals surface area contributed by atoms with Gasteiger partial charge >= 0.3 is 0 Å². The molecule has 0 heterocycles. The van der Waals surface area contributed by atoms with Crippen LogP contribution in [-0.4, -0.2) is 7.85 Å². The highest BCUT2D eigenvalue weighted by Gasteiger charge is 2.07. The molecule has 0 unspecified atom stereocenters. The van der Waals surface area contributed by atoms with Crippen LogP contribution in [0.25, 0.3) is 0 Å². The molecule has 0 amide bonds. The van der Waals surface area contributed by atoms with Crippen molar-refractivity contribution in [1.29, 1.82) is 0 Å². The Labute approximate surface area is 110 Å². The van der Waals surface area contributed by atoms with Crippen LogP contribution in [0.5, 0.6) is 11.5 Å². The molecule has 0 fully saturated rings. The van der Waals surface area contributed by atoms with Crippen LogP contribution < -0.4 is 10.2 Å². The van der Waals surface area contributed by atoms with Crippen LogP contribution in [0.3, 0.4) is 0 Å². The number of aryl methyl sites for hydroxylation is 1. The molecule has 0 bridgehead atoms. The van der Waals surface area contributed by atoms with E-state index in [0.717, 1.165) is 24.3 Å². The van der Waals surface area contributed by atoms with Crippen molar-refractivity contribution in [3.63, 3.8) is 0 Å². The number of ether oxygens (including phenoxy) is 1. The van der Waals surface area contributed by atoms with Crippen molar-refractivity contribution in [2.45, 2.75) is 26.2 Å². The van der Waals surface area contributed by atoms with E-state index in [-0.39, 0.29) is 0 Å². The summed E-state index contributed by atoms with van der Waals surface area (Å²) in [4.78, 5) is 0. The minimum atomic E-state index is 0.701. The Morgan fingerprint density at radius 3 is 2.50 bits per heavy atom. The maximum atomic E-state index is 6.02. The van der Waals surface area contributed by atoms with Gasteiger partial charge in [-0.2, -0.15) is 0 Å². The van der Waals surface area contributed by atoms with Gasteiger partial charge in [0.15, 0.2) is 0 Å². The van der Waals surface area contributed by atoms with Gasteiger partial charge in [-0.1, -0.05) is 55.2 Å². The molecule has 2 aromatic rings. The predicted octanol–water partition coefficient (Wildman–Crippen LogP) is 3.62. The van der Waals surface area contributed by atoms with Crippen molar-refractivity contribution in [3.05, 3.63) is 54.1 Å². The average Bonchev–Trinajstić information content (AvgIpc) is 2.41. The minimum absolute atomic E-state index is 0.701. The summed E-state index contributed by atoms with van der Waals surface area (Å²) in [5, 5.41) is 0. The number of hydrogen-bond donors (Lipinski definition) is 0. The van der Waals surface area contributed by atoms with E-state index in [1.807, 2.05) is 42.5 Å². The van der Waals surface area contributed by atoms with E-state index in [4.69, 9.17) is 12.6 Å². The summed E-state index contributed by atoms with van der Waals surface area (Å²) in [6, 6.07) is 15.7. The molecule has 0 aliphatic heterocycles. The van der Waals surface area contributed by atoms with E-state index in [0.29, 0.717) is 5.46 Å². The van der Waals surface area contributed by atoms with Crippen molar-refractivity contribution in [2.24, 2.45) is 0 Å². The second-order valence-electron chi connectivity index (χ2n) is 4.35. The molecule has 90 valence electrons. The number of unbranched alkanes of at least 4 members (excludes halogenated alkanes) is 1. The molecular formula is C16H17BO. The van der Waals surface area contributed by atoms with Crippen LogP contribution in [0.15, 0.2) is 48.5 Å². The zero-order chi connectivity index (χ0) is 12.8. The Kier molecular flexibility index (Phi) is 4.46. The Morgan fingerprint density at radius 2 is 1.78 bits per heavy atom. The van der Waals surface area contributed by atoms with Gasteiger partial charge in [0.2, 0.25) is 0 Å². The third-order valence-corrected chi connectivity index (χ3v) is 2.89. The maximum Gasteiger partial charge on any atom is 0.127 e. The number of rotatable bonds is 5. The quantitative estimate of drug-likeness (QED) is 0.720. The van der Waals surface area contributed by atoms with Gasteiger partial charge in [-0.05, 0) is 30.5 Å². The topological polar surface area (TPSA) is 9.23 Å². The zero-order valence-electron chi connectivity index (χ0n) is 10.7. The first-order chi connectivity index (χ1) is 8.81. The summed E-state index contributed by atoms with van der Waals surface area (Å²) < 4.78 is 5.91. The summed E-state index contributed by atoms with van der Waals surface area (Å²) in [5.41, 5.74) is 1.88. The highest BCUT2D eigenvalue weighted by molar-refractivity contribution is 6.34. The van der Waals surface area contributed by atoms with Gasteiger partial charge < -0.3 is 4.74 Å². The van der Waals surface area contributed by atoms with Crippen molar-refractivity contribution < 1.29 is 4.74 Å². The Morgan fingerprint density at radius 1 is 1.00 bits per heavy atom. The molecular weight excluding hydrogens is 219 g/mol. The van der Waals surface area contributed by atoms with Crippen LogP contribution in [0, 0.1) is 0 Å². The highest BCUT2D eigenvalue weighted by atomic mass is 16.5. The number of para-hydroxylation sites is 2. The van der Waals surface area contributed by atoms with Gasteiger partial charge in [0.25, 0.3) is 0 Å². The largest absolute Gasteiger partial charge is 0.458 e. The summed E-state index contributed by atoms with van der Waals surface area (Å²) in [5.74, 6) is 1.63. The second kappa shape index (κ2) is 6.30. The molecule has 0 saturated heterocycles. The minimum Gasteiger partial charge on any atom is -0.458 e. The molecule has 0 N–H and O–H groups in total. The van der Waals surface area contributed by atoms with Crippen LogP contribution in [0.1, 0.15) is 25.3 Å². The molecule has 2 radical (unpaired) electrons. The molecule has 2 aromatic carbocycles. The number of hydrogen-bond acceptors (Lipinski definition) is 1. The SMILES string of the molecule is [B]c1cccc(CCCC)c1Oc1ccccc1. The van der Waals surface area contributed by atoms with E-state index in [2.05, 4.69) is 13.0 Å². The van der Waals surface area contributed by atoms with Crippen molar-refractivity contribution in [1.82, 2.24) is 0 Å². The first-order valence-electron chi connectivity index (χ1n) is 6.41. The lowest BCUT2D eigenvalue weighted by Gasteiger charge is -2.14. The molecule has 0 atom stereocenters. The van der Waals surface area contributed by atoms with Gasteiger partial charge in [0, 0.05) is 0 Å². The van der Waals surface area contributed by atoms with Gasteiger partial charge in [-0.25, -0.2) is 0 Å². The summed E-state index contributed by atoms with van der Waals surface area (Å²) in [6.45, 7) is 2.18. The average molecular weight is 236 g/mol. The molecule has 0 aliphatic carbocycles. The summed E-state index contributed by atoms with van der Waals surface area (Å²) >= 11 is 0. The lowest BCUT2D eigenvalue weighted by molar-refractivity contribution is 0.479. The van der Waals surface area contributed by atoms with Crippen molar-refractivity contribution >= 4 is 13.3 Å². The molecule has 18 heavy (non-hydrogen) atoms. The maximum absolute atomic E-state index is 6.02. The molecule has 0 aliphatic rings. The smallest absolute Gasteiger partial charge is 0.127 e. The lowest BCUT2D eigenvalue weighted by Crippen LogP contribution is -2.09. The summed E-state index contributed by atoms with van der Waals surface area (Å²) in [6.07, 6.45) is 3.32. The van der Waals surface area contributed by atoms with E-state index in [1.54, 1.807) is 0 Å². The Balaban J connectivity index is 2.25. The van der Waals surface area contributed by atoms with E-state index >= 15 is 0 Å². The third kappa shape index (κ3) is 3.16. The van der Waals surface area contributed by atoms with Crippen LogP contribution in [0.2, 0.25) is 0 Å². The normalized spacial score (nSPS) is 10.3. The van der Waals surface area contributed by atoms with E-state index in [1.165, 1.54) is 12.0 Å². The zero-order valence-corrected chi connectivity index (χ0v) is 10.7. The molecule has 2 rings (SSSR count). The second-order valence-corrected chi connectivity index (χ2v) is 4.35. The lowest BCUT2D eigenvalue weighted by atomic mass is 9.91. The highest BCUT2D eigenvalue weighted by Crippen LogP contribution is 2.24. The predicted molar refractivity (Wildman–Crippen MR) is 77.0 cm³/mol. The van der Waals surface area contributed by atoms with Crippen molar-refractivity contribution in [3.8, 4) is 11.5 Å². The fourth-order valence-corrected chi connectivity index (χ4v) is 1.90. The molecule has 0 saturated carbocycles. The van der Waals surface area contributed by atoms with Gasteiger partial charge in [-0.3, -0.25) is 0 Å². The van der Waals surface area contributed by atoms with Crippen molar-refractivity contribution in [2.75, 3.05) is 0 Å². The van der Waals surface area contributed by atoms with E-state index < -0.39 is 0 Å². The van der Waals surface area contributed by atoms with Gasteiger partial charge in [-0.15, -0.1) is 0 Å². The van der Waals surface area contributed by atoms with Crippen LogP contribution >= 0.6 is 0 Å². The first kappa shape index (κ1) is 12.8. The van der Waals surface area contributed by atoms with Crippen LogP contribution in [-0.2, 0) is 6.42 Å². The first-order valence-corrected chi connectivity index (χ1v) is 6.41. The molecule has 2 heteroatoms. The van der Waals surface area contributed by atoms with Gasteiger partial charge in [0.05, 0.1) is 0 Å². The van der Waals surface area contributed by atoms with Crippen LogP contribution in [0.4, 0.5) is 0 Å². The standard InChI is InChI=1S/C16H17BO/c1-2-3-8-13-9-7-12-15(17)16(13)18-14-10-5-4-6-11-14/h4-7,9-12H,2-3,8H2,1H3. The Hall–Kier alpha value is -1.70. The van der Waals surface area contributed by atoms with Gasteiger partial charge in [0.1, 0.15) is 19.3 Å². The Bertz CT molecular complexity index is 494. The third-order valence-electron chi connectivity index (χ3n) is 2.89. The van der Waals surface area contributed by atoms with E-state index in [9.17, 15) is 0 Å².